The summed E-state index contributed by atoms with van der Waals surface area (Å²) in [5.74, 6) is 0. The van der Waals surface area contributed by atoms with Crippen LogP contribution in [0.5, 0.6) is 0 Å². The molecule has 2 atom stereocenters. The van der Waals surface area contributed by atoms with Crippen LogP contribution in [0.4, 0.5) is 5.69 Å². The second-order valence-electron chi connectivity index (χ2n) is 4.65. The molecule has 1 aromatic heterocycles. The Morgan fingerprint density at radius 1 is 1.50 bits per heavy atom. The van der Waals surface area contributed by atoms with Gasteiger partial charge in [0.25, 0.3) is 5.69 Å². The topological polar surface area (TPSA) is 85.1 Å². The van der Waals surface area contributed by atoms with Gasteiger partial charge in [-0.05, 0) is 25.5 Å². The first-order chi connectivity index (χ1) is 9.65. The highest BCUT2D eigenvalue weighted by Crippen LogP contribution is 2.29. The highest BCUT2D eigenvalue weighted by molar-refractivity contribution is 7.88. The van der Waals surface area contributed by atoms with Gasteiger partial charge in [0.15, 0.2) is 4.34 Å². The third-order valence-corrected chi connectivity index (χ3v) is 6.31. The quantitative estimate of drug-likeness (QED) is 0.693. The van der Waals surface area contributed by atoms with Gasteiger partial charge in [-0.2, -0.15) is 0 Å². The standard InChI is InChI=1S/C12H13N3O3S2/c16-15(17)8-3-4-11-10(6-8)14-12(19-11)20(18)9-2-1-5-13-7-9/h3-4,6,9,13H,1-2,5,7H2/t9-,20+/m1/s1. The van der Waals surface area contributed by atoms with Crippen molar-refractivity contribution in [2.24, 2.45) is 0 Å². The van der Waals surface area contributed by atoms with Crippen molar-refractivity contribution in [1.29, 1.82) is 0 Å². The zero-order valence-corrected chi connectivity index (χ0v) is 12.2. The molecule has 8 heteroatoms. The minimum absolute atomic E-state index is 0.0134. The fourth-order valence-corrected chi connectivity index (χ4v) is 5.05. The molecule has 0 spiro atoms. The average Bonchev–Trinajstić information content (AvgIpc) is 2.90. The van der Waals surface area contributed by atoms with Crippen LogP contribution in [0.3, 0.4) is 0 Å². The number of piperidine rings is 1. The number of nitro benzene ring substituents is 1. The average molecular weight is 311 g/mol. The Hall–Kier alpha value is -1.38. The summed E-state index contributed by atoms with van der Waals surface area (Å²) in [5.41, 5.74) is 0.566. The summed E-state index contributed by atoms with van der Waals surface area (Å²) in [5, 5.41) is 14.1. The maximum Gasteiger partial charge on any atom is 0.271 e. The van der Waals surface area contributed by atoms with E-state index in [4.69, 9.17) is 0 Å². The van der Waals surface area contributed by atoms with E-state index in [0.717, 1.165) is 30.6 Å². The van der Waals surface area contributed by atoms with Crippen molar-refractivity contribution in [2.75, 3.05) is 13.1 Å². The van der Waals surface area contributed by atoms with Crippen molar-refractivity contribution in [3.63, 3.8) is 0 Å². The van der Waals surface area contributed by atoms with Crippen molar-refractivity contribution < 1.29 is 9.13 Å². The lowest BCUT2D eigenvalue weighted by atomic mass is 10.2. The van der Waals surface area contributed by atoms with E-state index >= 15 is 0 Å². The number of thiazole rings is 1. The van der Waals surface area contributed by atoms with Crippen LogP contribution in [0.25, 0.3) is 10.2 Å². The molecule has 1 aliphatic heterocycles. The molecular formula is C12H13N3O3S2. The molecule has 0 amide bonds. The number of aromatic nitrogens is 1. The van der Waals surface area contributed by atoms with E-state index < -0.39 is 15.7 Å². The van der Waals surface area contributed by atoms with Gasteiger partial charge in [0, 0.05) is 18.7 Å². The molecule has 2 heterocycles. The molecule has 6 nitrogen and oxygen atoms in total. The van der Waals surface area contributed by atoms with Crippen molar-refractivity contribution in [1.82, 2.24) is 10.3 Å². The van der Waals surface area contributed by atoms with Gasteiger partial charge in [0.05, 0.1) is 31.2 Å². The number of hydrogen-bond donors (Lipinski definition) is 1. The van der Waals surface area contributed by atoms with E-state index in [1.807, 2.05) is 0 Å². The molecule has 0 bridgehead atoms. The molecule has 0 radical (unpaired) electrons. The molecule has 20 heavy (non-hydrogen) atoms. The molecule has 0 saturated carbocycles. The lowest BCUT2D eigenvalue weighted by molar-refractivity contribution is -0.384. The van der Waals surface area contributed by atoms with E-state index in [-0.39, 0.29) is 10.9 Å². The molecule has 0 aliphatic carbocycles. The van der Waals surface area contributed by atoms with Crippen LogP contribution >= 0.6 is 11.3 Å². The van der Waals surface area contributed by atoms with Crippen molar-refractivity contribution in [2.45, 2.75) is 22.4 Å². The maximum atomic E-state index is 12.5. The van der Waals surface area contributed by atoms with Gasteiger partial charge in [-0.3, -0.25) is 14.3 Å². The molecular weight excluding hydrogens is 298 g/mol. The van der Waals surface area contributed by atoms with Gasteiger partial charge in [-0.1, -0.05) is 0 Å². The Morgan fingerprint density at radius 2 is 2.35 bits per heavy atom. The van der Waals surface area contributed by atoms with Crippen molar-refractivity contribution in [3.05, 3.63) is 28.3 Å². The molecule has 106 valence electrons. The zero-order chi connectivity index (χ0) is 14.1. The SMILES string of the molecule is O=[N+]([O-])c1ccc2sc([S@@](=O)[C@@H]3CCCNC3)nc2c1. The predicted molar refractivity (Wildman–Crippen MR) is 78.6 cm³/mol. The molecule has 1 aromatic carbocycles. The van der Waals surface area contributed by atoms with E-state index in [0.29, 0.717) is 9.86 Å². The maximum absolute atomic E-state index is 12.5. The highest BCUT2D eigenvalue weighted by atomic mass is 32.2. The lowest BCUT2D eigenvalue weighted by Gasteiger charge is -2.20. The zero-order valence-electron chi connectivity index (χ0n) is 10.6. The first-order valence-corrected chi connectivity index (χ1v) is 8.34. The Morgan fingerprint density at radius 3 is 3.05 bits per heavy atom. The third kappa shape index (κ3) is 2.58. The van der Waals surface area contributed by atoms with Gasteiger partial charge in [-0.25, -0.2) is 4.98 Å². The predicted octanol–water partition coefficient (Wildman–Crippen LogP) is 2.06. The monoisotopic (exact) mass is 311 g/mol. The van der Waals surface area contributed by atoms with Gasteiger partial charge >= 0.3 is 0 Å². The lowest BCUT2D eigenvalue weighted by Crippen LogP contribution is -2.36. The van der Waals surface area contributed by atoms with Gasteiger partial charge < -0.3 is 5.32 Å². The molecule has 1 fully saturated rings. The van der Waals surface area contributed by atoms with Crippen molar-refractivity contribution in [3.8, 4) is 0 Å². The number of hydrogen-bond acceptors (Lipinski definition) is 6. The number of fused-ring (bicyclic) bond motifs is 1. The molecule has 0 unspecified atom stereocenters. The molecule has 1 N–H and O–H groups in total. The number of benzene rings is 1. The Kier molecular flexibility index (Phi) is 3.77. The second-order valence-corrected chi connectivity index (χ2v) is 7.59. The van der Waals surface area contributed by atoms with E-state index in [2.05, 4.69) is 10.3 Å². The molecule has 3 rings (SSSR count). The number of nitrogens with zero attached hydrogens (tertiary/aromatic N) is 2. The summed E-state index contributed by atoms with van der Waals surface area (Å²) in [7, 11) is -1.14. The largest absolute Gasteiger partial charge is 0.316 e. The number of rotatable bonds is 3. The fourth-order valence-electron chi connectivity index (χ4n) is 2.24. The third-order valence-electron chi connectivity index (χ3n) is 3.29. The number of nitro groups is 1. The fraction of sp³-hybridized carbons (Fsp3) is 0.417. The molecule has 2 aromatic rings. The van der Waals surface area contributed by atoms with E-state index in [9.17, 15) is 14.3 Å². The summed E-state index contributed by atoms with van der Waals surface area (Å²) in [4.78, 5) is 14.6. The normalized spacial score (nSPS) is 20.9. The van der Waals surface area contributed by atoms with Crippen LogP contribution in [0.1, 0.15) is 12.8 Å². The summed E-state index contributed by atoms with van der Waals surface area (Å²) in [6.45, 7) is 1.71. The number of nitrogens with one attached hydrogen (secondary N) is 1. The van der Waals surface area contributed by atoms with E-state index in [1.165, 1.54) is 23.5 Å². The summed E-state index contributed by atoms with van der Waals surface area (Å²) in [6.07, 6.45) is 1.95. The van der Waals surface area contributed by atoms with Crippen LogP contribution in [-0.2, 0) is 10.8 Å². The van der Waals surface area contributed by atoms with Crippen LogP contribution in [0.15, 0.2) is 22.5 Å². The molecule has 1 aliphatic rings. The Labute approximate surface area is 121 Å². The van der Waals surface area contributed by atoms with E-state index in [1.54, 1.807) is 6.07 Å². The van der Waals surface area contributed by atoms with Crippen LogP contribution < -0.4 is 5.32 Å². The Balaban J connectivity index is 1.92. The second kappa shape index (κ2) is 5.55. The van der Waals surface area contributed by atoms with Gasteiger partial charge in [-0.15, -0.1) is 11.3 Å². The van der Waals surface area contributed by atoms with Gasteiger partial charge in [0.1, 0.15) is 0 Å². The first kappa shape index (κ1) is 13.6. The van der Waals surface area contributed by atoms with Crippen LogP contribution in [0.2, 0.25) is 0 Å². The summed E-state index contributed by atoms with van der Waals surface area (Å²) < 4.78 is 13.9. The van der Waals surface area contributed by atoms with Crippen LogP contribution in [0, 0.1) is 10.1 Å². The Bertz CT molecular complexity index is 680. The highest BCUT2D eigenvalue weighted by Gasteiger charge is 2.24. The number of non-ortho nitro benzene ring substituents is 1. The first-order valence-electron chi connectivity index (χ1n) is 6.31. The minimum atomic E-state index is -1.14. The minimum Gasteiger partial charge on any atom is -0.316 e. The molecule has 1 saturated heterocycles. The summed E-state index contributed by atoms with van der Waals surface area (Å²) in [6, 6.07) is 4.56. The van der Waals surface area contributed by atoms with Crippen molar-refractivity contribution >= 4 is 38.0 Å². The van der Waals surface area contributed by atoms with Crippen LogP contribution in [-0.4, -0.2) is 32.5 Å². The smallest absolute Gasteiger partial charge is 0.271 e. The van der Waals surface area contributed by atoms with Gasteiger partial charge in [0.2, 0.25) is 0 Å². The summed E-state index contributed by atoms with van der Waals surface area (Å²) >= 11 is 1.36.